The van der Waals surface area contributed by atoms with E-state index in [1.165, 1.54) is 7.11 Å². The molecule has 3 aromatic rings. The van der Waals surface area contributed by atoms with Crippen LogP contribution in [0, 0.1) is 6.92 Å². The molecule has 0 radical (unpaired) electrons. The van der Waals surface area contributed by atoms with Gasteiger partial charge in [0.15, 0.2) is 0 Å². The molecule has 2 aromatic carbocycles. The van der Waals surface area contributed by atoms with Crippen LogP contribution >= 0.6 is 11.6 Å². The maximum absolute atomic E-state index is 12.4. The van der Waals surface area contributed by atoms with E-state index in [1.807, 2.05) is 60.0 Å². The molecule has 3 nitrogen and oxygen atoms in total. The van der Waals surface area contributed by atoms with Gasteiger partial charge in [-0.3, -0.25) is 4.79 Å². The second-order valence-electron chi connectivity index (χ2n) is 5.24. The van der Waals surface area contributed by atoms with Crippen LogP contribution in [-0.2, 0) is 6.54 Å². The van der Waals surface area contributed by atoms with E-state index >= 15 is 0 Å². The predicted octanol–water partition coefficient (Wildman–Crippen LogP) is 4.02. The highest BCUT2D eigenvalue weighted by atomic mass is 35.5. The third-order valence-electron chi connectivity index (χ3n) is 3.70. The van der Waals surface area contributed by atoms with Crippen molar-refractivity contribution in [2.45, 2.75) is 13.5 Å². The Kier molecular flexibility index (Phi) is 3.90. The molecular weight excluding hydrogens is 298 g/mol. The van der Waals surface area contributed by atoms with E-state index in [0.29, 0.717) is 17.8 Å². The Bertz CT molecular complexity index is 885. The summed E-state index contributed by atoms with van der Waals surface area (Å²) in [7, 11) is 1.53. The SMILES string of the molecule is COc1c(Cl)c(=O)c2cc(C)ccc2n1Cc1ccccc1. The molecule has 0 spiro atoms. The number of rotatable bonds is 3. The Morgan fingerprint density at radius 1 is 1.14 bits per heavy atom. The Morgan fingerprint density at radius 2 is 1.86 bits per heavy atom. The first kappa shape index (κ1) is 14.7. The van der Waals surface area contributed by atoms with Crippen LogP contribution in [0.2, 0.25) is 5.02 Å². The molecule has 112 valence electrons. The normalized spacial score (nSPS) is 10.9. The molecule has 0 aliphatic carbocycles. The van der Waals surface area contributed by atoms with E-state index in [2.05, 4.69) is 0 Å². The van der Waals surface area contributed by atoms with Crippen LogP contribution in [0.25, 0.3) is 10.9 Å². The summed E-state index contributed by atoms with van der Waals surface area (Å²) in [5, 5.41) is 0.735. The highest BCUT2D eigenvalue weighted by Gasteiger charge is 2.16. The van der Waals surface area contributed by atoms with Crippen molar-refractivity contribution < 1.29 is 4.74 Å². The fourth-order valence-corrected chi connectivity index (χ4v) is 2.91. The number of aromatic nitrogens is 1. The molecule has 0 fully saturated rings. The molecule has 1 aromatic heterocycles. The number of hydrogen-bond donors (Lipinski definition) is 0. The quantitative estimate of drug-likeness (QED) is 0.731. The minimum absolute atomic E-state index is 0.122. The van der Waals surface area contributed by atoms with Crippen LogP contribution in [-0.4, -0.2) is 11.7 Å². The molecule has 0 unspecified atom stereocenters. The zero-order chi connectivity index (χ0) is 15.7. The second-order valence-corrected chi connectivity index (χ2v) is 5.62. The Hall–Kier alpha value is -2.26. The van der Waals surface area contributed by atoms with E-state index in [9.17, 15) is 4.79 Å². The second kappa shape index (κ2) is 5.85. The van der Waals surface area contributed by atoms with Crippen LogP contribution < -0.4 is 10.2 Å². The van der Waals surface area contributed by atoms with E-state index in [-0.39, 0.29) is 10.5 Å². The summed E-state index contributed by atoms with van der Waals surface area (Å²) in [6, 6.07) is 15.8. The lowest BCUT2D eigenvalue weighted by Gasteiger charge is -2.17. The van der Waals surface area contributed by atoms with E-state index in [4.69, 9.17) is 16.3 Å². The van der Waals surface area contributed by atoms with Gasteiger partial charge in [-0.2, -0.15) is 0 Å². The summed E-state index contributed by atoms with van der Waals surface area (Å²) in [5.74, 6) is 0.395. The molecule has 1 heterocycles. The molecule has 22 heavy (non-hydrogen) atoms. The van der Waals surface area contributed by atoms with Crippen molar-refractivity contribution in [3.8, 4) is 5.88 Å². The molecule has 0 bridgehead atoms. The van der Waals surface area contributed by atoms with Gasteiger partial charge in [0, 0.05) is 5.39 Å². The smallest absolute Gasteiger partial charge is 0.217 e. The maximum Gasteiger partial charge on any atom is 0.217 e. The first-order chi connectivity index (χ1) is 10.6. The summed E-state index contributed by atoms with van der Waals surface area (Å²) < 4.78 is 7.34. The van der Waals surface area contributed by atoms with Gasteiger partial charge in [0.25, 0.3) is 0 Å². The number of ether oxygens (including phenoxy) is 1. The lowest BCUT2D eigenvalue weighted by Crippen LogP contribution is -2.14. The van der Waals surface area contributed by atoms with Crippen LogP contribution in [0.1, 0.15) is 11.1 Å². The Morgan fingerprint density at radius 3 is 2.55 bits per heavy atom. The predicted molar refractivity (Wildman–Crippen MR) is 90.1 cm³/mol. The van der Waals surface area contributed by atoms with Gasteiger partial charge in [-0.1, -0.05) is 53.6 Å². The number of benzene rings is 2. The molecule has 0 N–H and O–H groups in total. The van der Waals surface area contributed by atoms with E-state index < -0.39 is 0 Å². The number of halogens is 1. The fraction of sp³-hybridized carbons (Fsp3) is 0.167. The molecule has 4 heteroatoms. The van der Waals surface area contributed by atoms with Gasteiger partial charge >= 0.3 is 0 Å². The molecule has 0 saturated carbocycles. The van der Waals surface area contributed by atoms with E-state index in [1.54, 1.807) is 0 Å². The molecule has 0 amide bonds. The van der Waals surface area contributed by atoms with Crippen molar-refractivity contribution in [3.63, 3.8) is 0 Å². The molecule has 0 saturated heterocycles. The summed E-state index contributed by atoms with van der Waals surface area (Å²) >= 11 is 6.24. The van der Waals surface area contributed by atoms with Crippen molar-refractivity contribution in [3.05, 3.63) is 74.9 Å². The summed E-state index contributed by atoms with van der Waals surface area (Å²) in [5.41, 5.74) is 2.77. The van der Waals surface area contributed by atoms with Gasteiger partial charge < -0.3 is 9.30 Å². The van der Waals surface area contributed by atoms with Gasteiger partial charge in [-0.05, 0) is 24.6 Å². The summed E-state index contributed by atoms with van der Waals surface area (Å²) in [6.45, 7) is 2.54. The highest BCUT2D eigenvalue weighted by molar-refractivity contribution is 6.32. The fourth-order valence-electron chi connectivity index (χ4n) is 2.63. The molecular formula is C18H16ClNO2. The van der Waals surface area contributed by atoms with Crippen molar-refractivity contribution in [2.75, 3.05) is 7.11 Å². The minimum Gasteiger partial charge on any atom is -0.481 e. The zero-order valence-electron chi connectivity index (χ0n) is 12.5. The number of nitrogens with zero attached hydrogens (tertiary/aromatic N) is 1. The largest absolute Gasteiger partial charge is 0.481 e. The molecule has 0 aliphatic heterocycles. The lowest BCUT2D eigenvalue weighted by molar-refractivity contribution is 0.377. The third-order valence-corrected chi connectivity index (χ3v) is 4.03. The van der Waals surface area contributed by atoms with Crippen LogP contribution in [0.5, 0.6) is 5.88 Å². The van der Waals surface area contributed by atoms with Crippen LogP contribution in [0.4, 0.5) is 0 Å². The number of methoxy groups -OCH3 is 1. The Labute approximate surface area is 133 Å². The number of pyridine rings is 1. The summed E-state index contributed by atoms with van der Waals surface area (Å²) in [4.78, 5) is 12.4. The van der Waals surface area contributed by atoms with Gasteiger partial charge in [0.2, 0.25) is 11.3 Å². The first-order valence-electron chi connectivity index (χ1n) is 7.02. The topological polar surface area (TPSA) is 31.2 Å². The van der Waals surface area contributed by atoms with Gasteiger partial charge in [-0.25, -0.2) is 0 Å². The Balaban J connectivity index is 2.31. The lowest BCUT2D eigenvalue weighted by atomic mass is 10.1. The maximum atomic E-state index is 12.4. The van der Waals surface area contributed by atoms with Gasteiger partial charge in [-0.15, -0.1) is 0 Å². The van der Waals surface area contributed by atoms with Crippen LogP contribution in [0.15, 0.2) is 53.3 Å². The third kappa shape index (κ3) is 2.48. The molecule has 3 rings (SSSR count). The monoisotopic (exact) mass is 313 g/mol. The van der Waals surface area contributed by atoms with Gasteiger partial charge in [0.1, 0.15) is 5.02 Å². The number of fused-ring (bicyclic) bond motifs is 1. The van der Waals surface area contributed by atoms with Crippen molar-refractivity contribution in [2.24, 2.45) is 0 Å². The average molecular weight is 314 g/mol. The first-order valence-corrected chi connectivity index (χ1v) is 7.40. The summed E-state index contributed by atoms with van der Waals surface area (Å²) in [6.07, 6.45) is 0. The minimum atomic E-state index is -0.193. The average Bonchev–Trinajstić information content (AvgIpc) is 2.54. The van der Waals surface area contributed by atoms with Crippen LogP contribution in [0.3, 0.4) is 0 Å². The van der Waals surface area contributed by atoms with Crippen molar-refractivity contribution in [1.82, 2.24) is 4.57 Å². The van der Waals surface area contributed by atoms with Gasteiger partial charge in [0.05, 0.1) is 19.2 Å². The zero-order valence-corrected chi connectivity index (χ0v) is 13.2. The van der Waals surface area contributed by atoms with Crippen molar-refractivity contribution in [1.29, 1.82) is 0 Å². The molecule has 0 aliphatic rings. The van der Waals surface area contributed by atoms with Crippen molar-refractivity contribution >= 4 is 22.5 Å². The standard InChI is InChI=1S/C18H16ClNO2/c1-12-8-9-15-14(10-12)17(21)16(19)18(22-2)20(15)11-13-6-4-3-5-7-13/h3-10H,11H2,1-2H3. The molecule has 0 atom stereocenters. The number of aryl methyl sites for hydroxylation is 1. The number of hydrogen-bond acceptors (Lipinski definition) is 2. The van der Waals surface area contributed by atoms with E-state index in [0.717, 1.165) is 16.6 Å². The highest BCUT2D eigenvalue weighted by Crippen LogP contribution is 2.27.